The van der Waals surface area contributed by atoms with Crippen molar-refractivity contribution in [3.63, 3.8) is 0 Å². The lowest BCUT2D eigenvalue weighted by atomic mass is 9.94. The molecule has 3 rings (SSSR count). The molecule has 2 N–H and O–H groups in total. The smallest absolute Gasteiger partial charge is 0.322 e. The van der Waals surface area contributed by atoms with Crippen LogP contribution in [0, 0.1) is 6.92 Å². The number of aliphatic hydroxyl groups is 1. The van der Waals surface area contributed by atoms with E-state index in [4.69, 9.17) is 0 Å². The van der Waals surface area contributed by atoms with Gasteiger partial charge in [0, 0.05) is 18.1 Å². The molecular weight excluding hydrogens is 290 g/mol. The van der Waals surface area contributed by atoms with E-state index in [2.05, 4.69) is 16.4 Å². The molecule has 122 valence electrons. The zero-order valence-electron chi connectivity index (χ0n) is 13.7. The number of urea groups is 1. The van der Waals surface area contributed by atoms with Crippen molar-refractivity contribution in [1.82, 2.24) is 9.88 Å². The van der Waals surface area contributed by atoms with Crippen LogP contribution in [0.2, 0.25) is 0 Å². The number of carbonyl (C=O) groups excluding carboxylic acids is 1. The van der Waals surface area contributed by atoms with Crippen LogP contribution < -0.4 is 5.32 Å². The molecule has 1 aliphatic heterocycles. The first-order valence-corrected chi connectivity index (χ1v) is 8.14. The second-order valence-electron chi connectivity index (χ2n) is 6.31. The van der Waals surface area contributed by atoms with Crippen LogP contribution in [0.5, 0.6) is 0 Å². The summed E-state index contributed by atoms with van der Waals surface area (Å²) in [7, 11) is 0. The maximum atomic E-state index is 12.8. The maximum absolute atomic E-state index is 12.8. The van der Waals surface area contributed by atoms with E-state index in [1.54, 1.807) is 11.1 Å². The lowest BCUT2D eigenvalue weighted by Crippen LogP contribution is -2.51. The van der Waals surface area contributed by atoms with E-state index in [1.165, 1.54) is 0 Å². The number of carbonyl (C=O) groups is 1. The van der Waals surface area contributed by atoms with Crippen molar-refractivity contribution in [2.45, 2.75) is 38.6 Å². The molecule has 1 atom stereocenters. The Kier molecular flexibility index (Phi) is 4.22. The normalized spacial score (nSPS) is 20.9. The van der Waals surface area contributed by atoms with Gasteiger partial charge in [-0.25, -0.2) is 4.79 Å². The highest BCUT2D eigenvalue weighted by atomic mass is 16.3. The Bertz CT molecular complexity index is 725. The van der Waals surface area contributed by atoms with Gasteiger partial charge in [0.2, 0.25) is 0 Å². The number of aliphatic hydroxyl groups excluding tert-OH is 1. The van der Waals surface area contributed by atoms with Gasteiger partial charge in [-0.2, -0.15) is 0 Å². The van der Waals surface area contributed by atoms with Crippen molar-refractivity contribution < 1.29 is 9.90 Å². The van der Waals surface area contributed by atoms with Crippen molar-refractivity contribution in [3.8, 4) is 0 Å². The Balaban J connectivity index is 1.92. The van der Waals surface area contributed by atoms with Gasteiger partial charge in [0.05, 0.1) is 23.3 Å². The minimum absolute atomic E-state index is 0.00371. The predicted octanol–water partition coefficient (Wildman–Crippen LogP) is 3.31. The molecule has 1 fully saturated rings. The number of benzene rings is 1. The molecule has 2 aromatic rings. The first kappa shape index (κ1) is 15.7. The monoisotopic (exact) mass is 313 g/mol. The molecular formula is C18H23N3O2. The summed E-state index contributed by atoms with van der Waals surface area (Å²) in [6, 6.07) is 7.72. The minimum atomic E-state index is -0.433. The Labute approximate surface area is 136 Å². The number of pyridine rings is 1. The van der Waals surface area contributed by atoms with Gasteiger partial charge in [0.1, 0.15) is 0 Å². The van der Waals surface area contributed by atoms with Gasteiger partial charge >= 0.3 is 6.03 Å². The molecule has 5 heteroatoms. The summed E-state index contributed by atoms with van der Waals surface area (Å²) < 4.78 is 0. The van der Waals surface area contributed by atoms with Crippen LogP contribution in [0.15, 0.2) is 30.5 Å². The molecule has 1 aromatic carbocycles. The van der Waals surface area contributed by atoms with E-state index < -0.39 is 5.54 Å². The molecule has 1 saturated heterocycles. The molecule has 0 unspecified atom stereocenters. The van der Waals surface area contributed by atoms with E-state index in [0.717, 1.165) is 41.4 Å². The Morgan fingerprint density at radius 3 is 3.04 bits per heavy atom. The molecule has 2 heterocycles. The third-order valence-corrected chi connectivity index (χ3v) is 4.88. The highest BCUT2D eigenvalue weighted by molar-refractivity contribution is 6.00. The first-order valence-electron chi connectivity index (χ1n) is 8.14. The summed E-state index contributed by atoms with van der Waals surface area (Å²) in [6.07, 6.45) is 4.26. The molecule has 0 saturated carbocycles. The van der Waals surface area contributed by atoms with Crippen LogP contribution in [0.25, 0.3) is 10.9 Å². The summed E-state index contributed by atoms with van der Waals surface area (Å²) >= 11 is 0. The molecule has 0 radical (unpaired) electrons. The summed E-state index contributed by atoms with van der Waals surface area (Å²) in [5.41, 5.74) is 2.15. The van der Waals surface area contributed by atoms with Crippen LogP contribution in [-0.2, 0) is 0 Å². The Morgan fingerprint density at radius 1 is 1.48 bits per heavy atom. The molecule has 0 aliphatic carbocycles. The molecule has 0 spiro atoms. The van der Waals surface area contributed by atoms with E-state index in [1.807, 2.05) is 32.0 Å². The number of nitrogens with zero attached hydrogens (tertiary/aromatic N) is 2. The molecule has 23 heavy (non-hydrogen) atoms. The van der Waals surface area contributed by atoms with E-state index in [0.29, 0.717) is 6.54 Å². The predicted molar refractivity (Wildman–Crippen MR) is 91.5 cm³/mol. The largest absolute Gasteiger partial charge is 0.394 e. The number of hydrogen-bond acceptors (Lipinski definition) is 3. The van der Waals surface area contributed by atoms with Crippen LogP contribution in [0.1, 0.15) is 31.7 Å². The summed E-state index contributed by atoms with van der Waals surface area (Å²) in [6.45, 7) is 4.70. The van der Waals surface area contributed by atoms with Gasteiger partial charge in [-0.3, -0.25) is 4.98 Å². The molecule has 2 amide bonds. The lowest BCUT2D eigenvalue weighted by molar-refractivity contribution is 0.0867. The number of hydrogen-bond donors (Lipinski definition) is 2. The number of rotatable bonds is 3. The lowest BCUT2D eigenvalue weighted by Gasteiger charge is -2.36. The van der Waals surface area contributed by atoms with Crippen molar-refractivity contribution in [3.05, 3.63) is 36.0 Å². The molecule has 0 bridgehead atoms. The highest BCUT2D eigenvalue weighted by Gasteiger charge is 2.41. The van der Waals surface area contributed by atoms with Crippen LogP contribution in [0.3, 0.4) is 0 Å². The van der Waals surface area contributed by atoms with Gasteiger partial charge in [-0.1, -0.05) is 13.0 Å². The average molecular weight is 313 g/mol. The number of aromatic nitrogens is 1. The van der Waals surface area contributed by atoms with E-state index >= 15 is 0 Å². The highest BCUT2D eigenvalue weighted by Crippen LogP contribution is 2.33. The summed E-state index contributed by atoms with van der Waals surface area (Å²) in [4.78, 5) is 19.0. The van der Waals surface area contributed by atoms with Crippen LogP contribution in [0.4, 0.5) is 10.5 Å². The minimum Gasteiger partial charge on any atom is -0.394 e. The second-order valence-corrected chi connectivity index (χ2v) is 6.31. The van der Waals surface area contributed by atoms with Crippen molar-refractivity contribution >= 4 is 22.6 Å². The summed E-state index contributed by atoms with van der Waals surface area (Å²) in [5.74, 6) is 0. The van der Waals surface area contributed by atoms with E-state index in [-0.39, 0.29) is 12.6 Å². The van der Waals surface area contributed by atoms with Crippen molar-refractivity contribution in [2.24, 2.45) is 0 Å². The second kappa shape index (κ2) is 6.16. The fourth-order valence-electron chi connectivity index (χ4n) is 3.52. The van der Waals surface area contributed by atoms with Crippen molar-refractivity contribution in [2.75, 3.05) is 18.5 Å². The molecule has 1 aliphatic rings. The number of fused-ring (bicyclic) bond motifs is 1. The fourth-order valence-corrected chi connectivity index (χ4v) is 3.52. The summed E-state index contributed by atoms with van der Waals surface area (Å²) in [5, 5.41) is 13.8. The topological polar surface area (TPSA) is 65.5 Å². The van der Waals surface area contributed by atoms with Gasteiger partial charge < -0.3 is 15.3 Å². The third-order valence-electron chi connectivity index (χ3n) is 4.88. The Hall–Kier alpha value is -2.14. The van der Waals surface area contributed by atoms with Gasteiger partial charge in [-0.05, 0) is 49.9 Å². The quantitative estimate of drug-likeness (QED) is 0.913. The standard InChI is InChI=1S/C18H23N3O2/c1-3-18(12-22)7-5-9-21(18)17(23)20-15-11-13(2)10-14-6-4-8-19-16(14)15/h4,6,8,10-11,22H,3,5,7,9,12H2,1-2H3,(H,20,23)/t18-/m0/s1. The molecule has 1 aromatic heterocycles. The van der Waals surface area contributed by atoms with Gasteiger partial charge in [0.25, 0.3) is 0 Å². The molecule has 5 nitrogen and oxygen atoms in total. The number of amides is 2. The SMILES string of the molecule is CC[C@@]1(CO)CCCN1C(=O)Nc1cc(C)cc2cccnc12. The average Bonchev–Trinajstić information content (AvgIpc) is 2.99. The zero-order valence-corrected chi connectivity index (χ0v) is 13.7. The third kappa shape index (κ3) is 2.77. The first-order chi connectivity index (χ1) is 11.1. The van der Waals surface area contributed by atoms with E-state index in [9.17, 15) is 9.90 Å². The maximum Gasteiger partial charge on any atom is 0.322 e. The number of likely N-dealkylation sites (tertiary alicyclic amines) is 1. The fraction of sp³-hybridized carbons (Fsp3) is 0.444. The van der Waals surface area contributed by atoms with Crippen LogP contribution >= 0.6 is 0 Å². The van der Waals surface area contributed by atoms with Gasteiger partial charge in [0.15, 0.2) is 0 Å². The number of anilines is 1. The Morgan fingerprint density at radius 2 is 2.30 bits per heavy atom. The van der Waals surface area contributed by atoms with Crippen molar-refractivity contribution in [1.29, 1.82) is 0 Å². The van der Waals surface area contributed by atoms with Gasteiger partial charge in [-0.15, -0.1) is 0 Å². The number of nitrogens with one attached hydrogen (secondary N) is 1. The zero-order chi connectivity index (χ0) is 16.4. The van der Waals surface area contributed by atoms with Crippen LogP contribution in [-0.4, -0.2) is 39.7 Å². The number of aryl methyl sites for hydroxylation is 1.